The molecule has 27 heavy (non-hydrogen) atoms. The van der Waals surface area contributed by atoms with Gasteiger partial charge in [0.05, 0.1) is 17.7 Å². The van der Waals surface area contributed by atoms with Gasteiger partial charge in [0.1, 0.15) is 0 Å². The van der Waals surface area contributed by atoms with Gasteiger partial charge in [0, 0.05) is 5.56 Å². The number of carbonyl (C=O) groups excluding carboxylic acids is 2. The van der Waals surface area contributed by atoms with Crippen LogP contribution < -0.4 is 0 Å². The van der Waals surface area contributed by atoms with Crippen LogP contribution in [0.25, 0.3) is 0 Å². The molecular formula is C20H19F3O4. The number of hydrogen-bond donors (Lipinski definition) is 0. The maximum absolute atomic E-state index is 13.3. The van der Waals surface area contributed by atoms with Crippen molar-refractivity contribution in [1.29, 1.82) is 0 Å². The Balaban J connectivity index is 2.11. The van der Waals surface area contributed by atoms with Crippen molar-refractivity contribution < 1.29 is 32.2 Å². The van der Waals surface area contributed by atoms with Crippen LogP contribution in [0.5, 0.6) is 0 Å². The van der Waals surface area contributed by atoms with Gasteiger partial charge >= 0.3 is 18.1 Å². The Labute approximate surface area is 154 Å². The maximum Gasteiger partial charge on any atom is 0.429 e. The van der Waals surface area contributed by atoms with Crippen LogP contribution in [0.1, 0.15) is 46.2 Å². The van der Waals surface area contributed by atoms with Gasteiger partial charge in [-0.1, -0.05) is 44.2 Å². The minimum atomic E-state index is -4.75. The molecule has 0 aromatic heterocycles. The largest absolute Gasteiger partial charge is 0.462 e. The SMILES string of the molecule is CC(C)COC(=O)c1ccc(C(=O)OC(c2ccccc2)C(F)(F)F)cc1. The molecule has 0 bridgehead atoms. The van der Waals surface area contributed by atoms with Crippen LogP contribution in [-0.4, -0.2) is 24.7 Å². The van der Waals surface area contributed by atoms with Crippen molar-refractivity contribution in [3.05, 3.63) is 71.3 Å². The van der Waals surface area contributed by atoms with Crippen LogP contribution in [0.3, 0.4) is 0 Å². The van der Waals surface area contributed by atoms with Gasteiger partial charge in [0.2, 0.25) is 6.10 Å². The number of hydrogen-bond acceptors (Lipinski definition) is 4. The van der Waals surface area contributed by atoms with E-state index >= 15 is 0 Å². The molecular weight excluding hydrogens is 361 g/mol. The summed E-state index contributed by atoms with van der Waals surface area (Å²) in [6.45, 7) is 4.01. The minimum Gasteiger partial charge on any atom is -0.462 e. The standard InChI is InChI=1S/C20H19F3O4/c1-13(2)12-26-18(24)15-8-10-16(11-9-15)19(25)27-17(20(21,22)23)14-6-4-3-5-7-14/h3-11,13,17H,12H2,1-2H3. The average molecular weight is 380 g/mol. The molecule has 2 aromatic rings. The Hall–Kier alpha value is -2.83. The normalized spacial score (nSPS) is 12.5. The van der Waals surface area contributed by atoms with Crippen molar-refractivity contribution in [1.82, 2.24) is 0 Å². The molecule has 144 valence electrons. The highest BCUT2D eigenvalue weighted by Gasteiger charge is 2.44. The van der Waals surface area contributed by atoms with E-state index in [-0.39, 0.29) is 29.2 Å². The molecule has 0 saturated heterocycles. The van der Waals surface area contributed by atoms with E-state index in [0.717, 1.165) is 0 Å². The fourth-order valence-electron chi connectivity index (χ4n) is 2.19. The molecule has 0 amide bonds. The van der Waals surface area contributed by atoms with E-state index in [0.29, 0.717) is 0 Å². The van der Waals surface area contributed by atoms with E-state index in [4.69, 9.17) is 4.74 Å². The van der Waals surface area contributed by atoms with Gasteiger partial charge in [0.25, 0.3) is 0 Å². The van der Waals surface area contributed by atoms with Crippen molar-refractivity contribution in [2.24, 2.45) is 5.92 Å². The smallest absolute Gasteiger partial charge is 0.429 e. The van der Waals surface area contributed by atoms with Crippen molar-refractivity contribution in [2.75, 3.05) is 6.61 Å². The molecule has 1 unspecified atom stereocenters. The molecule has 2 aromatic carbocycles. The second-order valence-corrected chi connectivity index (χ2v) is 6.31. The Morgan fingerprint density at radius 1 is 0.889 bits per heavy atom. The average Bonchev–Trinajstić information content (AvgIpc) is 2.63. The summed E-state index contributed by atoms with van der Waals surface area (Å²) in [6, 6.07) is 12.0. The number of halogens is 3. The lowest BCUT2D eigenvalue weighted by atomic mass is 10.1. The summed E-state index contributed by atoms with van der Waals surface area (Å²) >= 11 is 0. The van der Waals surface area contributed by atoms with E-state index < -0.39 is 24.2 Å². The Morgan fingerprint density at radius 2 is 1.41 bits per heavy atom. The summed E-state index contributed by atoms with van der Waals surface area (Å²) in [5, 5.41) is 0. The van der Waals surface area contributed by atoms with Gasteiger partial charge in [-0.25, -0.2) is 9.59 Å². The van der Waals surface area contributed by atoms with Crippen molar-refractivity contribution in [2.45, 2.75) is 26.1 Å². The van der Waals surface area contributed by atoms with Gasteiger partial charge < -0.3 is 9.47 Å². The summed E-state index contributed by atoms with van der Waals surface area (Å²) in [6.07, 6.45) is -7.13. The number of benzene rings is 2. The van der Waals surface area contributed by atoms with Crippen molar-refractivity contribution in [3.63, 3.8) is 0 Å². The molecule has 0 fully saturated rings. The molecule has 0 radical (unpaired) electrons. The van der Waals surface area contributed by atoms with Gasteiger partial charge in [-0.2, -0.15) is 13.2 Å². The first-order valence-electron chi connectivity index (χ1n) is 8.28. The number of rotatable bonds is 6. The van der Waals surface area contributed by atoms with Crippen LogP contribution >= 0.6 is 0 Å². The maximum atomic E-state index is 13.3. The highest BCUT2D eigenvalue weighted by Crippen LogP contribution is 2.36. The summed E-state index contributed by atoms with van der Waals surface area (Å²) in [4.78, 5) is 24.0. The van der Waals surface area contributed by atoms with E-state index in [2.05, 4.69) is 4.74 Å². The summed E-state index contributed by atoms with van der Waals surface area (Å²) < 4.78 is 49.5. The third-order valence-electron chi connectivity index (χ3n) is 3.53. The first-order valence-corrected chi connectivity index (χ1v) is 8.28. The fraction of sp³-hybridized carbons (Fsp3) is 0.300. The van der Waals surface area contributed by atoms with E-state index in [9.17, 15) is 22.8 Å². The zero-order chi connectivity index (χ0) is 20.0. The van der Waals surface area contributed by atoms with Crippen LogP contribution in [0.2, 0.25) is 0 Å². The Kier molecular flexibility index (Phi) is 6.60. The molecule has 0 heterocycles. The number of alkyl halides is 3. The second-order valence-electron chi connectivity index (χ2n) is 6.31. The zero-order valence-corrected chi connectivity index (χ0v) is 14.8. The van der Waals surface area contributed by atoms with Gasteiger partial charge in [-0.3, -0.25) is 0 Å². The van der Waals surface area contributed by atoms with Crippen LogP contribution in [0.15, 0.2) is 54.6 Å². The van der Waals surface area contributed by atoms with Gasteiger partial charge in [-0.05, 0) is 30.2 Å². The van der Waals surface area contributed by atoms with Gasteiger partial charge in [0.15, 0.2) is 0 Å². The van der Waals surface area contributed by atoms with Gasteiger partial charge in [-0.15, -0.1) is 0 Å². The minimum absolute atomic E-state index is 0.0967. The first-order chi connectivity index (χ1) is 12.7. The number of esters is 2. The third kappa shape index (κ3) is 5.84. The molecule has 0 N–H and O–H groups in total. The summed E-state index contributed by atoms with van der Waals surface area (Å²) in [7, 11) is 0. The van der Waals surface area contributed by atoms with Crippen LogP contribution in [-0.2, 0) is 9.47 Å². The fourth-order valence-corrected chi connectivity index (χ4v) is 2.19. The van der Waals surface area contributed by atoms with E-state index in [1.807, 2.05) is 13.8 Å². The number of ether oxygens (including phenoxy) is 2. The quantitative estimate of drug-likeness (QED) is 0.665. The monoisotopic (exact) mass is 380 g/mol. The van der Waals surface area contributed by atoms with Crippen molar-refractivity contribution in [3.8, 4) is 0 Å². The molecule has 7 heteroatoms. The Morgan fingerprint density at radius 3 is 1.89 bits per heavy atom. The number of carbonyl (C=O) groups is 2. The van der Waals surface area contributed by atoms with Crippen molar-refractivity contribution >= 4 is 11.9 Å². The van der Waals surface area contributed by atoms with E-state index in [1.165, 1.54) is 48.5 Å². The highest BCUT2D eigenvalue weighted by molar-refractivity contribution is 5.93. The van der Waals surface area contributed by atoms with Crippen LogP contribution in [0, 0.1) is 5.92 Å². The lowest BCUT2D eigenvalue weighted by molar-refractivity contribution is -0.207. The summed E-state index contributed by atoms with van der Waals surface area (Å²) in [5.41, 5.74) is -0.0737. The molecule has 0 saturated carbocycles. The first kappa shape index (κ1) is 20.5. The molecule has 4 nitrogen and oxygen atoms in total. The molecule has 0 spiro atoms. The second kappa shape index (κ2) is 8.70. The molecule has 0 aliphatic carbocycles. The molecule has 0 aliphatic rings. The predicted molar refractivity (Wildman–Crippen MR) is 92.2 cm³/mol. The lowest BCUT2D eigenvalue weighted by Crippen LogP contribution is -2.26. The lowest BCUT2D eigenvalue weighted by Gasteiger charge is -2.21. The molecule has 0 aliphatic heterocycles. The summed E-state index contributed by atoms with van der Waals surface area (Å²) in [5.74, 6) is -1.54. The Bertz CT molecular complexity index is 768. The van der Waals surface area contributed by atoms with Crippen LogP contribution in [0.4, 0.5) is 13.2 Å². The zero-order valence-electron chi connectivity index (χ0n) is 14.8. The van der Waals surface area contributed by atoms with E-state index in [1.54, 1.807) is 6.07 Å². The predicted octanol–water partition coefficient (Wildman–Crippen LogP) is 4.96. The molecule has 2 rings (SSSR count). The highest BCUT2D eigenvalue weighted by atomic mass is 19.4. The third-order valence-corrected chi connectivity index (χ3v) is 3.53. The topological polar surface area (TPSA) is 52.6 Å². The molecule has 1 atom stereocenters.